The van der Waals surface area contributed by atoms with Crippen molar-refractivity contribution < 1.29 is 9.90 Å². The van der Waals surface area contributed by atoms with Crippen LogP contribution in [0.25, 0.3) is 5.65 Å². The van der Waals surface area contributed by atoms with Crippen LogP contribution < -0.4 is 0 Å². The molecule has 2 aromatic heterocycles. The van der Waals surface area contributed by atoms with Crippen molar-refractivity contribution >= 4 is 11.6 Å². The first-order valence-corrected chi connectivity index (χ1v) is 6.54. The van der Waals surface area contributed by atoms with Crippen molar-refractivity contribution in [3.05, 3.63) is 24.4 Å². The smallest absolute Gasteiger partial charge is 0.303 e. The quantitative estimate of drug-likeness (QED) is 0.905. The maximum absolute atomic E-state index is 11.1. The van der Waals surface area contributed by atoms with E-state index in [0.717, 1.165) is 31.5 Å². The van der Waals surface area contributed by atoms with Crippen LogP contribution in [0.5, 0.6) is 0 Å². The molecule has 0 saturated heterocycles. The van der Waals surface area contributed by atoms with Crippen molar-refractivity contribution in [1.29, 1.82) is 0 Å². The minimum Gasteiger partial charge on any atom is -0.481 e. The number of carbonyl (C=O) groups is 1. The number of carboxylic acids is 1. The van der Waals surface area contributed by atoms with E-state index in [0.29, 0.717) is 12.1 Å². The second-order valence-corrected chi connectivity index (χ2v) is 5.38. The predicted molar refractivity (Wildman–Crippen MR) is 67.6 cm³/mol. The third kappa shape index (κ3) is 2.30. The van der Waals surface area contributed by atoms with Gasteiger partial charge in [0, 0.05) is 18.8 Å². The highest BCUT2D eigenvalue weighted by atomic mass is 16.4. The van der Waals surface area contributed by atoms with Crippen LogP contribution in [-0.2, 0) is 11.2 Å². The summed E-state index contributed by atoms with van der Waals surface area (Å²) in [4.78, 5) is 15.1. The maximum atomic E-state index is 11.1. The Morgan fingerprint density at radius 1 is 1.37 bits per heavy atom. The Hall–Kier alpha value is -1.98. The van der Waals surface area contributed by atoms with Gasteiger partial charge in [-0.2, -0.15) is 0 Å². The number of hydrogen-bond acceptors (Lipinski definition) is 4. The SMILES string of the molecule is O=C(O)CC1(Cc2nnc3cnccn23)CCCC1. The lowest BCUT2D eigenvalue weighted by atomic mass is 9.79. The van der Waals surface area contributed by atoms with Gasteiger partial charge in [-0.05, 0) is 18.3 Å². The van der Waals surface area contributed by atoms with Crippen molar-refractivity contribution in [3.8, 4) is 0 Å². The molecule has 6 heteroatoms. The van der Waals surface area contributed by atoms with Crippen LogP contribution in [0.1, 0.15) is 37.9 Å². The molecule has 0 aliphatic heterocycles. The highest BCUT2D eigenvalue weighted by Gasteiger charge is 2.37. The van der Waals surface area contributed by atoms with Gasteiger partial charge in [0.05, 0.1) is 12.6 Å². The summed E-state index contributed by atoms with van der Waals surface area (Å²) < 4.78 is 1.90. The topological polar surface area (TPSA) is 80.4 Å². The van der Waals surface area contributed by atoms with Crippen LogP contribution in [0.3, 0.4) is 0 Å². The molecule has 2 aromatic rings. The van der Waals surface area contributed by atoms with Gasteiger partial charge in [0.1, 0.15) is 5.82 Å². The lowest BCUT2D eigenvalue weighted by Gasteiger charge is -2.26. The van der Waals surface area contributed by atoms with Gasteiger partial charge < -0.3 is 5.11 Å². The minimum atomic E-state index is -0.725. The molecular weight excluding hydrogens is 244 g/mol. The molecule has 1 aliphatic carbocycles. The van der Waals surface area contributed by atoms with Gasteiger partial charge in [0.2, 0.25) is 0 Å². The average Bonchev–Trinajstić information content (AvgIpc) is 2.98. The summed E-state index contributed by atoms with van der Waals surface area (Å²) in [6.07, 6.45) is 10.2. The van der Waals surface area contributed by atoms with Crippen LogP contribution in [0.2, 0.25) is 0 Å². The maximum Gasteiger partial charge on any atom is 0.303 e. The molecule has 19 heavy (non-hydrogen) atoms. The summed E-state index contributed by atoms with van der Waals surface area (Å²) in [7, 11) is 0. The van der Waals surface area contributed by atoms with Crippen LogP contribution in [0.4, 0.5) is 0 Å². The zero-order valence-corrected chi connectivity index (χ0v) is 10.6. The van der Waals surface area contributed by atoms with E-state index < -0.39 is 5.97 Å². The summed E-state index contributed by atoms with van der Waals surface area (Å²) in [5.74, 6) is 0.109. The van der Waals surface area contributed by atoms with E-state index in [1.165, 1.54) is 0 Å². The second-order valence-electron chi connectivity index (χ2n) is 5.38. The first-order chi connectivity index (χ1) is 9.19. The van der Waals surface area contributed by atoms with Crippen molar-refractivity contribution in [1.82, 2.24) is 19.6 Å². The fraction of sp³-hybridized carbons (Fsp3) is 0.538. The normalized spacial score (nSPS) is 17.9. The van der Waals surface area contributed by atoms with E-state index in [9.17, 15) is 4.79 Å². The van der Waals surface area contributed by atoms with Crippen molar-refractivity contribution in [2.45, 2.75) is 38.5 Å². The van der Waals surface area contributed by atoms with Gasteiger partial charge in [-0.3, -0.25) is 14.2 Å². The fourth-order valence-electron chi connectivity index (χ4n) is 3.12. The molecular formula is C13H16N4O2. The molecule has 6 nitrogen and oxygen atoms in total. The lowest BCUT2D eigenvalue weighted by Crippen LogP contribution is -2.24. The zero-order valence-electron chi connectivity index (χ0n) is 10.6. The number of rotatable bonds is 4. The Kier molecular flexibility index (Phi) is 2.93. The fourth-order valence-corrected chi connectivity index (χ4v) is 3.12. The van der Waals surface area contributed by atoms with E-state index in [-0.39, 0.29) is 11.8 Å². The first-order valence-electron chi connectivity index (χ1n) is 6.54. The largest absolute Gasteiger partial charge is 0.481 e. The molecule has 0 radical (unpaired) electrons. The lowest BCUT2D eigenvalue weighted by molar-refractivity contribution is -0.139. The third-order valence-corrected chi connectivity index (χ3v) is 4.01. The average molecular weight is 260 g/mol. The number of fused-ring (bicyclic) bond motifs is 1. The summed E-state index contributed by atoms with van der Waals surface area (Å²) in [5, 5.41) is 17.4. The Morgan fingerprint density at radius 3 is 2.89 bits per heavy atom. The van der Waals surface area contributed by atoms with E-state index in [2.05, 4.69) is 15.2 Å². The number of aliphatic carboxylic acids is 1. The summed E-state index contributed by atoms with van der Waals surface area (Å²) in [6.45, 7) is 0. The molecule has 0 atom stereocenters. The van der Waals surface area contributed by atoms with Crippen molar-refractivity contribution in [3.63, 3.8) is 0 Å². The standard InChI is InChI=1S/C13H16N4O2/c18-12(19)8-13(3-1-2-4-13)7-10-15-16-11-9-14-5-6-17(10)11/h5-6,9H,1-4,7-8H2,(H,18,19). The van der Waals surface area contributed by atoms with Crippen LogP contribution >= 0.6 is 0 Å². The minimum absolute atomic E-state index is 0.155. The highest BCUT2D eigenvalue weighted by molar-refractivity contribution is 5.67. The molecule has 0 amide bonds. The summed E-state index contributed by atoms with van der Waals surface area (Å²) in [6, 6.07) is 0. The Labute approximate surface area is 110 Å². The van der Waals surface area contributed by atoms with Gasteiger partial charge >= 0.3 is 5.97 Å². The van der Waals surface area contributed by atoms with Gasteiger partial charge in [-0.1, -0.05) is 12.8 Å². The number of nitrogens with zero attached hydrogens (tertiary/aromatic N) is 4. The number of carboxylic acid groups (broad SMARTS) is 1. The number of aromatic nitrogens is 4. The Morgan fingerprint density at radius 2 is 2.16 bits per heavy atom. The van der Waals surface area contributed by atoms with E-state index in [1.54, 1.807) is 12.4 Å². The third-order valence-electron chi connectivity index (χ3n) is 4.01. The summed E-state index contributed by atoms with van der Waals surface area (Å²) >= 11 is 0. The van der Waals surface area contributed by atoms with E-state index in [1.807, 2.05) is 10.6 Å². The van der Waals surface area contributed by atoms with E-state index in [4.69, 9.17) is 5.11 Å². The van der Waals surface area contributed by atoms with Gasteiger partial charge in [0.15, 0.2) is 5.65 Å². The van der Waals surface area contributed by atoms with Crippen molar-refractivity contribution in [2.75, 3.05) is 0 Å². The van der Waals surface area contributed by atoms with Gasteiger partial charge in [-0.25, -0.2) is 0 Å². The van der Waals surface area contributed by atoms with Gasteiger partial charge in [-0.15, -0.1) is 10.2 Å². The molecule has 0 unspecified atom stereocenters. The van der Waals surface area contributed by atoms with Crippen LogP contribution in [0, 0.1) is 5.41 Å². The molecule has 3 rings (SSSR count). The molecule has 1 N–H and O–H groups in total. The molecule has 100 valence electrons. The molecule has 2 heterocycles. The highest BCUT2D eigenvalue weighted by Crippen LogP contribution is 2.43. The zero-order chi connectivity index (χ0) is 13.3. The predicted octanol–water partition coefficient (Wildman–Crippen LogP) is 1.70. The molecule has 1 saturated carbocycles. The van der Waals surface area contributed by atoms with Crippen molar-refractivity contribution in [2.24, 2.45) is 5.41 Å². The molecule has 0 aromatic carbocycles. The first kappa shape index (κ1) is 12.1. The second kappa shape index (κ2) is 4.60. The Balaban J connectivity index is 1.91. The molecule has 0 spiro atoms. The summed E-state index contributed by atoms with van der Waals surface area (Å²) in [5.41, 5.74) is 0.555. The molecule has 0 bridgehead atoms. The van der Waals surface area contributed by atoms with Gasteiger partial charge in [0.25, 0.3) is 0 Å². The monoisotopic (exact) mass is 260 g/mol. The molecule has 1 aliphatic rings. The Bertz CT molecular complexity index is 601. The van der Waals surface area contributed by atoms with Crippen LogP contribution in [-0.4, -0.2) is 30.7 Å². The van der Waals surface area contributed by atoms with E-state index >= 15 is 0 Å². The molecule has 1 fully saturated rings. The van der Waals surface area contributed by atoms with Crippen LogP contribution in [0.15, 0.2) is 18.6 Å². The number of hydrogen-bond donors (Lipinski definition) is 1.